The van der Waals surface area contributed by atoms with Crippen LogP contribution in [0.5, 0.6) is 0 Å². The number of carboxylic acid groups (broad SMARTS) is 1. The van der Waals surface area contributed by atoms with Crippen LogP contribution in [0.4, 0.5) is 0 Å². The first-order valence-corrected chi connectivity index (χ1v) is 6.04. The van der Waals surface area contributed by atoms with Gasteiger partial charge >= 0.3 is 5.97 Å². The quantitative estimate of drug-likeness (QED) is 0.780. The van der Waals surface area contributed by atoms with Gasteiger partial charge in [-0.3, -0.25) is 4.79 Å². The van der Waals surface area contributed by atoms with Crippen LogP contribution in [0.3, 0.4) is 0 Å². The molecule has 0 fully saturated rings. The third kappa shape index (κ3) is 3.27. The molecule has 82 valence electrons. The topological polar surface area (TPSA) is 37.3 Å². The first-order valence-electron chi connectivity index (χ1n) is 5.16. The molecule has 1 aromatic rings. The third-order valence-corrected chi connectivity index (χ3v) is 3.74. The van der Waals surface area contributed by atoms with Gasteiger partial charge in [-0.25, -0.2) is 0 Å². The minimum atomic E-state index is -0.728. The SMILES string of the molecule is CCc1ccccc1SC(CC)C(=O)O. The monoisotopic (exact) mass is 224 g/mol. The fraction of sp³-hybridized carbons (Fsp3) is 0.417. The average Bonchev–Trinajstić information content (AvgIpc) is 2.25. The largest absolute Gasteiger partial charge is 0.480 e. The Morgan fingerprint density at radius 2 is 2.07 bits per heavy atom. The Bertz CT molecular complexity index is 336. The second kappa shape index (κ2) is 5.81. The van der Waals surface area contributed by atoms with E-state index in [0.717, 1.165) is 11.3 Å². The molecule has 1 atom stereocenters. The van der Waals surface area contributed by atoms with Crippen molar-refractivity contribution in [3.63, 3.8) is 0 Å². The summed E-state index contributed by atoms with van der Waals surface area (Å²) in [6.07, 6.45) is 1.59. The standard InChI is InChI=1S/C12H16O2S/c1-3-9-7-5-6-8-11(9)15-10(4-2)12(13)14/h5-8,10H,3-4H2,1-2H3,(H,13,14). The fourth-order valence-electron chi connectivity index (χ4n) is 1.37. The van der Waals surface area contributed by atoms with Crippen molar-refractivity contribution in [1.29, 1.82) is 0 Å². The molecule has 1 aromatic carbocycles. The van der Waals surface area contributed by atoms with Gasteiger partial charge in [0.05, 0.1) is 0 Å². The highest BCUT2D eigenvalue weighted by atomic mass is 32.2. The summed E-state index contributed by atoms with van der Waals surface area (Å²) < 4.78 is 0. The number of carboxylic acids is 1. The Balaban J connectivity index is 2.82. The normalized spacial score (nSPS) is 12.4. The molecule has 0 amide bonds. The molecule has 3 heteroatoms. The van der Waals surface area contributed by atoms with E-state index in [1.165, 1.54) is 17.3 Å². The number of hydrogen-bond donors (Lipinski definition) is 1. The lowest BCUT2D eigenvalue weighted by Crippen LogP contribution is -2.14. The van der Waals surface area contributed by atoms with E-state index in [9.17, 15) is 4.79 Å². The highest BCUT2D eigenvalue weighted by Crippen LogP contribution is 2.28. The van der Waals surface area contributed by atoms with Gasteiger partial charge in [-0.1, -0.05) is 32.0 Å². The molecule has 2 nitrogen and oxygen atoms in total. The molecule has 0 heterocycles. The maximum atomic E-state index is 10.9. The summed E-state index contributed by atoms with van der Waals surface area (Å²) >= 11 is 1.45. The maximum absolute atomic E-state index is 10.9. The molecule has 0 aliphatic rings. The first kappa shape index (κ1) is 12.1. The zero-order valence-electron chi connectivity index (χ0n) is 9.06. The van der Waals surface area contributed by atoms with E-state index in [1.807, 2.05) is 25.1 Å². The van der Waals surface area contributed by atoms with Gasteiger partial charge in [-0.05, 0) is 24.5 Å². The number of aryl methyl sites for hydroxylation is 1. The lowest BCUT2D eigenvalue weighted by molar-refractivity contribution is -0.136. The predicted octanol–water partition coefficient (Wildman–Crippen LogP) is 3.20. The highest BCUT2D eigenvalue weighted by Gasteiger charge is 2.17. The summed E-state index contributed by atoms with van der Waals surface area (Å²) in [4.78, 5) is 12.0. The molecule has 15 heavy (non-hydrogen) atoms. The summed E-state index contributed by atoms with van der Waals surface area (Å²) in [5.74, 6) is -0.728. The van der Waals surface area contributed by atoms with Crippen molar-refractivity contribution in [1.82, 2.24) is 0 Å². The Morgan fingerprint density at radius 3 is 2.60 bits per heavy atom. The first-order chi connectivity index (χ1) is 7.19. The minimum absolute atomic E-state index is 0.335. The smallest absolute Gasteiger partial charge is 0.316 e. The molecule has 0 aliphatic heterocycles. The number of aliphatic carboxylic acids is 1. The van der Waals surface area contributed by atoms with E-state index in [-0.39, 0.29) is 5.25 Å². The van der Waals surface area contributed by atoms with Crippen LogP contribution in [0.1, 0.15) is 25.8 Å². The molecule has 0 aliphatic carbocycles. The van der Waals surface area contributed by atoms with E-state index >= 15 is 0 Å². The molecule has 0 aromatic heterocycles. The van der Waals surface area contributed by atoms with E-state index in [0.29, 0.717) is 6.42 Å². The molecule has 0 saturated carbocycles. The molecule has 1 unspecified atom stereocenters. The van der Waals surface area contributed by atoms with Crippen molar-refractivity contribution in [2.24, 2.45) is 0 Å². The third-order valence-electron chi connectivity index (χ3n) is 2.27. The number of benzene rings is 1. The van der Waals surface area contributed by atoms with E-state index in [2.05, 4.69) is 13.0 Å². The zero-order chi connectivity index (χ0) is 11.3. The molecule has 0 spiro atoms. The van der Waals surface area contributed by atoms with Gasteiger partial charge in [0, 0.05) is 4.90 Å². The summed E-state index contributed by atoms with van der Waals surface area (Å²) in [6, 6.07) is 7.99. The lowest BCUT2D eigenvalue weighted by atomic mass is 10.2. The van der Waals surface area contributed by atoms with Crippen LogP contribution in [0.2, 0.25) is 0 Å². The van der Waals surface area contributed by atoms with Crippen LogP contribution in [-0.2, 0) is 11.2 Å². The van der Waals surface area contributed by atoms with E-state index in [4.69, 9.17) is 5.11 Å². The second-order valence-corrected chi connectivity index (χ2v) is 4.56. The summed E-state index contributed by atoms with van der Waals surface area (Å²) in [7, 11) is 0. The van der Waals surface area contributed by atoms with Gasteiger partial charge in [-0.2, -0.15) is 0 Å². The van der Waals surface area contributed by atoms with Crippen molar-refractivity contribution in [3.8, 4) is 0 Å². The maximum Gasteiger partial charge on any atom is 0.316 e. The molecule has 0 radical (unpaired) electrons. The van der Waals surface area contributed by atoms with Gasteiger partial charge < -0.3 is 5.11 Å². The van der Waals surface area contributed by atoms with Gasteiger partial charge in [0.25, 0.3) is 0 Å². The van der Waals surface area contributed by atoms with Gasteiger partial charge in [0.15, 0.2) is 0 Å². The summed E-state index contributed by atoms with van der Waals surface area (Å²) in [5, 5.41) is 8.64. The van der Waals surface area contributed by atoms with Crippen LogP contribution in [-0.4, -0.2) is 16.3 Å². The van der Waals surface area contributed by atoms with Crippen molar-refractivity contribution in [3.05, 3.63) is 29.8 Å². The fourth-order valence-corrected chi connectivity index (χ4v) is 2.47. The Labute approximate surface area is 94.7 Å². The van der Waals surface area contributed by atoms with Crippen LogP contribution < -0.4 is 0 Å². The van der Waals surface area contributed by atoms with Gasteiger partial charge in [-0.15, -0.1) is 11.8 Å². The van der Waals surface area contributed by atoms with Gasteiger partial charge in [0.1, 0.15) is 5.25 Å². The number of carbonyl (C=O) groups is 1. The van der Waals surface area contributed by atoms with Crippen molar-refractivity contribution < 1.29 is 9.90 Å². The summed E-state index contributed by atoms with van der Waals surface area (Å²) in [5.41, 5.74) is 1.22. The number of rotatable bonds is 5. The predicted molar refractivity (Wildman–Crippen MR) is 63.4 cm³/mol. The van der Waals surface area contributed by atoms with E-state index < -0.39 is 5.97 Å². The highest BCUT2D eigenvalue weighted by molar-refractivity contribution is 8.00. The molecule has 1 rings (SSSR count). The van der Waals surface area contributed by atoms with Crippen molar-refractivity contribution >= 4 is 17.7 Å². The number of thioether (sulfide) groups is 1. The van der Waals surface area contributed by atoms with Crippen molar-refractivity contribution in [2.45, 2.75) is 36.8 Å². The molecular formula is C12H16O2S. The minimum Gasteiger partial charge on any atom is -0.480 e. The molecule has 1 N–H and O–H groups in total. The summed E-state index contributed by atoms with van der Waals surface area (Å²) in [6.45, 7) is 3.99. The Hall–Kier alpha value is -0.960. The zero-order valence-corrected chi connectivity index (χ0v) is 9.88. The van der Waals surface area contributed by atoms with Crippen molar-refractivity contribution in [2.75, 3.05) is 0 Å². The van der Waals surface area contributed by atoms with E-state index in [1.54, 1.807) is 0 Å². The Morgan fingerprint density at radius 1 is 1.40 bits per heavy atom. The van der Waals surface area contributed by atoms with Crippen LogP contribution >= 0.6 is 11.8 Å². The van der Waals surface area contributed by atoms with Crippen LogP contribution in [0, 0.1) is 0 Å². The second-order valence-electron chi connectivity index (χ2n) is 3.31. The average molecular weight is 224 g/mol. The molecule has 0 saturated heterocycles. The number of hydrogen-bond acceptors (Lipinski definition) is 2. The molecule has 0 bridgehead atoms. The lowest BCUT2D eigenvalue weighted by Gasteiger charge is -2.12. The Kier molecular flexibility index (Phi) is 4.69. The molecular weight excluding hydrogens is 208 g/mol. The van der Waals surface area contributed by atoms with Gasteiger partial charge in [0.2, 0.25) is 0 Å². The van der Waals surface area contributed by atoms with Crippen LogP contribution in [0.25, 0.3) is 0 Å². The van der Waals surface area contributed by atoms with Crippen LogP contribution in [0.15, 0.2) is 29.2 Å².